The molecule has 1 spiro atoms. The van der Waals surface area contributed by atoms with Crippen molar-refractivity contribution in [1.82, 2.24) is 15.3 Å². The molecule has 1 amide bonds. The summed E-state index contributed by atoms with van der Waals surface area (Å²) < 4.78 is 0. The average Bonchev–Trinajstić information content (AvgIpc) is 3.47. The maximum Gasteiger partial charge on any atom is 0.256 e. The molecule has 182 valence electrons. The van der Waals surface area contributed by atoms with E-state index in [4.69, 9.17) is 16.6 Å². The standard InChI is InChI=1S/C25H32ClN5O3/c26-21-11-16(1-2-17(21)14-32)12-27-22-20(23(34)29-18-3-5-19(33)6-4-18)13-28-24(30-22)31-10-9-25(15-31)7-8-25/h1-2,11,13,18-19,32-33H,3-10,12,14-15H2,(H,29,34)(H,27,28,30). The molecule has 8 nitrogen and oxygen atoms in total. The van der Waals surface area contributed by atoms with Crippen molar-refractivity contribution in [2.75, 3.05) is 23.3 Å². The highest BCUT2D eigenvalue weighted by molar-refractivity contribution is 6.31. The highest BCUT2D eigenvalue weighted by Crippen LogP contribution is 2.53. The number of carbonyl (C=O) groups is 1. The van der Waals surface area contributed by atoms with Crippen molar-refractivity contribution in [2.24, 2.45) is 5.41 Å². The number of aromatic nitrogens is 2. The van der Waals surface area contributed by atoms with Crippen LogP contribution in [0.15, 0.2) is 24.4 Å². The minimum atomic E-state index is -0.271. The summed E-state index contributed by atoms with van der Waals surface area (Å²) in [7, 11) is 0. The van der Waals surface area contributed by atoms with Gasteiger partial charge in [0.05, 0.1) is 12.7 Å². The Morgan fingerprint density at radius 2 is 2.00 bits per heavy atom. The third kappa shape index (κ3) is 5.14. The first kappa shape index (κ1) is 23.3. The van der Waals surface area contributed by atoms with Gasteiger partial charge in [0.25, 0.3) is 5.91 Å². The van der Waals surface area contributed by atoms with Gasteiger partial charge in [0, 0.05) is 36.9 Å². The molecule has 3 aliphatic rings. The zero-order valence-corrected chi connectivity index (χ0v) is 20.0. The molecule has 0 radical (unpaired) electrons. The van der Waals surface area contributed by atoms with Gasteiger partial charge >= 0.3 is 0 Å². The Morgan fingerprint density at radius 3 is 2.68 bits per heavy atom. The Balaban J connectivity index is 1.34. The Labute approximate surface area is 204 Å². The number of aliphatic hydroxyl groups is 2. The van der Waals surface area contributed by atoms with E-state index in [0.29, 0.717) is 52.7 Å². The van der Waals surface area contributed by atoms with Gasteiger partial charge in [-0.1, -0.05) is 23.7 Å². The molecule has 4 N–H and O–H groups in total. The van der Waals surface area contributed by atoms with Gasteiger partial charge in [-0.25, -0.2) is 4.98 Å². The van der Waals surface area contributed by atoms with Crippen molar-refractivity contribution >= 4 is 29.3 Å². The number of hydrogen-bond acceptors (Lipinski definition) is 7. The molecule has 0 bridgehead atoms. The number of anilines is 2. The molecule has 2 aromatic rings. The second kappa shape index (κ2) is 9.68. The first-order chi connectivity index (χ1) is 16.4. The van der Waals surface area contributed by atoms with Crippen LogP contribution < -0.4 is 15.5 Å². The predicted molar refractivity (Wildman–Crippen MR) is 131 cm³/mol. The molecule has 2 heterocycles. The summed E-state index contributed by atoms with van der Waals surface area (Å²) in [5, 5.41) is 26.0. The van der Waals surface area contributed by atoms with Crippen LogP contribution >= 0.6 is 11.6 Å². The van der Waals surface area contributed by atoms with Crippen LogP contribution in [0.1, 0.15) is 66.4 Å². The molecule has 1 aliphatic heterocycles. The van der Waals surface area contributed by atoms with Crippen LogP contribution in [0.2, 0.25) is 5.02 Å². The van der Waals surface area contributed by atoms with E-state index in [0.717, 1.165) is 31.5 Å². The van der Waals surface area contributed by atoms with Gasteiger partial charge < -0.3 is 25.7 Å². The molecule has 1 saturated heterocycles. The average molecular weight is 486 g/mol. The summed E-state index contributed by atoms with van der Waals surface area (Å²) in [4.78, 5) is 24.7. The molecule has 0 unspecified atom stereocenters. The van der Waals surface area contributed by atoms with E-state index in [9.17, 15) is 15.0 Å². The fourth-order valence-electron chi connectivity index (χ4n) is 5.01. The minimum absolute atomic E-state index is 0.0431. The first-order valence-electron chi connectivity index (χ1n) is 12.2. The van der Waals surface area contributed by atoms with Gasteiger partial charge in [-0.2, -0.15) is 4.98 Å². The number of hydrogen-bond donors (Lipinski definition) is 4. The quantitative estimate of drug-likeness (QED) is 0.476. The lowest BCUT2D eigenvalue weighted by atomic mass is 9.93. The van der Waals surface area contributed by atoms with Crippen LogP contribution in [0.3, 0.4) is 0 Å². The van der Waals surface area contributed by atoms with E-state index >= 15 is 0 Å². The molecular weight excluding hydrogens is 454 g/mol. The lowest BCUT2D eigenvalue weighted by Gasteiger charge is -2.26. The Morgan fingerprint density at radius 1 is 1.21 bits per heavy atom. The van der Waals surface area contributed by atoms with Crippen molar-refractivity contribution in [2.45, 2.75) is 70.2 Å². The van der Waals surface area contributed by atoms with Crippen LogP contribution in [0.4, 0.5) is 11.8 Å². The number of benzene rings is 1. The maximum atomic E-state index is 13.2. The molecule has 2 aliphatic carbocycles. The fourth-order valence-corrected chi connectivity index (χ4v) is 5.28. The van der Waals surface area contributed by atoms with Gasteiger partial charge in [0.2, 0.25) is 5.95 Å². The third-order valence-electron chi connectivity index (χ3n) is 7.48. The normalized spacial score (nSPS) is 23.2. The first-order valence-corrected chi connectivity index (χ1v) is 12.6. The fraction of sp³-hybridized carbons (Fsp3) is 0.560. The van der Waals surface area contributed by atoms with Crippen LogP contribution in [-0.4, -0.2) is 51.3 Å². The number of nitrogens with one attached hydrogen (secondary N) is 2. The van der Waals surface area contributed by atoms with Gasteiger partial charge in [-0.3, -0.25) is 4.79 Å². The second-order valence-corrected chi connectivity index (χ2v) is 10.4. The number of amides is 1. The van der Waals surface area contributed by atoms with E-state index in [1.807, 2.05) is 12.1 Å². The Hall–Kier alpha value is -2.42. The number of rotatable bonds is 7. The highest BCUT2D eigenvalue weighted by Gasteiger charge is 2.48. The monoisotopic (exact) mass is 485 g/mol. The minimum Gasteiger partial charge on any atom is -0.393 e. The van der Waals surface area contributed by atoms with E-state index in [2.05, 4.69) is 20.5 Å². The molecule has 2 saturated carbocycles. The van der Waals surface area contributed by atoms with Crippen LogP contribution in [0.25, 0.3) is 0 Å². The summed E-state index contributed by atoms with van der Waals surface area (Å²) in [5.74, 6) is 0.943. The van der Waals surface area contributed by atoms with Crippen molar-refractivity contribution in [1.29, 1.82) is 0 Å². The van der Waals surface area contributed by atoms with Gasteiger partial charge in [-0.15, -0.1) is 0 Å². The topological polar surface area (TPSA) is 111 Å². The van der Waals surface area contributed by atoms with Gasteiger partial charge in [0.15, 0.2) is 0 Å². The molecule has 0 atom stereocenters. The highest BCUT2D eigenvalue weighted by atomic mass is 35.5. The van der Waals surface area contributed by atoms with Gasteiger partial charge in [0.1, 0.15) is 11.4 Å². The smallest absolute Gasteiger partial charge is 0.256 e. The lowest BCUT2D eigenvalue weighted by molar-refractivity contribution is 0.0867. The molecule has 1 aromatic heterocycles. The Kier molecular flexibility index (Phi) is 6.64. The maximum absolute atomic E-state index is 13.2. The van der Waals surface area contributed by atoms with Crippen molar-refractivity contribution < 1.29 is 15.0 Å². The molecule has 1 aromatic carbocycles. The largest absolute Gasteiger partial charge is 0.393 e. The van der Waals surface area contributed by atoms with E-state index in [1.54, 1.807) is 12.3 Å². The number of halogens is 1. The summed E-state index contributed by atoms with van der Waals surface area (Å²) in [6, 6.07) is 5.56. The predicted octanol–water partition coefficient (Wildman–Crippen LogP) is 3.26. The summed E-state index contributed by atoms with van der Waals surface area (Å²) in [6.45, 7) is 2.23. The number of aliphatic hydroxyl groups excluding tert-OH is 2. The van der Waals surface area contributed by atoms with E-state index in [-0.39, 0.29) is 24.7 Å². The van der Waals surface area contributed by atoms with Crippen LogP contribution in [0, 0.1) is 5.41 Å². The Bertz CT molecular complexity index is 1050. The van der Waals surface area contributed by atoms with Crippen molar-refractivity contribution in [3.8, 4) is 0 Å². The van der Waals surface area contributed by atoms with Crippen molar-refractivity contribution in [3.63, 3.8) is 0 Å². The summed E-state index contributed by atoms with van der Waals surface area (Å²) in [6.07, 6.45) is 8.00. The van der Waals surface area contributed by atoms with Gasteiger partial charge in [-0.05, 0) is 67.6 Å². The SMILES string of the molecule is O=C(NC1CCC(O)CC1)c1cnc(N2CCC3(CC3)C2)nc1NCc1ccc(CO)c(Cl)c1. The molecular formula is C25H32ClN5O3. The van der Waals surface area contributed by atoms with Crippen LogP contribution in [0.5, 0.6) is 0 Å². The summed E-state index contributed by atoms with van der Waals surface area (Å²) in [5.41, 5.74) is 2.46. The third-order valence-corrected chi connectivity index (χ3v) is 7.83. The molecule has 3 fully saturated rings. The molecule has 9 heteroatoms. The molecule has 34 heavy (non-hydrogen) atoms. The zero-order chi connectivity index (χ0) is 23.7. The molecule has 5 rings (SSSR count). The second-order valence-electron chi connectivity index (χ2n) is 10.0. The number of carbonyl (C=O) groups excluding carboxylic acids is 1. The van der Waals surface area contributed by atoms with E-state index in [1.165, 1.54) is 19.3 Å². The van der Waals surface area contributed by atoms with Crippen LogP contribution in [-0.2, 0) is 13.2 Å². The number of nitrogens with zero attached hydrogens (tertiary/aromatic N) is 3. The van der Waals surface area contributed by atoms with E-state index < -0.39 is 0 Å². The van der Waals surface area contributed by atoms with Crippen molar-refractivity contribution in [3.05, 3.63) is 46.1 Å². The zero-order valence-electron chi connectivity index (χ0n) is 19.3. The summed E-state index contributed by atoms with van der Waals surface area (Å²) >= 11 is 6.25. The lowest BCUT2D eigenvalue weighted by Crippen LogP contribution is -2.39.